The van der Waals surface area contributed by atoms with Crippen LogP contribution in [0.5, 0.6) is 11.5 Å². The summed E-state index contributed by atoms with van der Waals surface area (Å²) in [6, 6.07) is 15.4. The number of methoxy groups -OCH3 is 1. The van der Waals surface area contributed by atoms with Crippen molar-refractivity contribution < 1.29 is 19.1 Å². The molecule has 29 heavy (non-hydrogen) atoms. The summed E-state index contributed by atoms with van der Waals surface area (Å²) in [6.45, 7) is 4.61. The minimum atomic E-state index is -0.677. The van der Waals surface area contributed by atoms with Crippen molar-refractivity contribution in [1.29, 1.82) is 0 Å². The summed E-state index contributed by atoms with van der Waals surface area (Å²) in [5, 5.41) is 5.70. The van der Waals surface area contributed by atoms with Gasteiger partial charge in [-0.25, -0.2) is 0 Å². The number of carbonyl (C=O) groups is 2. The number of benzene rings is 2. The Hall–Kier alpha value is -3.06. The van der Waals surface area contributed by atoms with Crippen LogP contribution in [0.3, 0.4) is 0 Å². The van der Waals surface area contributed by atoms with Gasteiger partial charge < -0.3 is 20.1 Å². The fourth-order valence-electron chi connectivity index (χ4n) is 3.17. The standard InChI is InChI=1S/C22H27N3O4/c1-16(22(27)24-13-17-6-4-3-5-7-17)29-20-12-18(8-9-19(20)28-2)14-25-11-10-23-21(26)15-25/h3-9,12,16H,10-11,13-15H2,1-2H3,(H,23,26)(H,24,27). The molecule has 7 nitrogen and oxygen atoms in total. The third-order valence-corrected chi connectivity index (χ3v) is 4.73. The number of nitrogens with zero attached hydrogens (tertiary/aromatic N) is 1. The molecule has 0 bridgehead atoms. The highest BCUT2D eigenvalue weighted by Crippen LogP contribution is 2.29. The lowest BCUT2D eigenvalue weighted by atomic mass is 10.1. The first-order valence-electron chi connectivity index (χ1n) is 9.69. The Kier molecular flexibility index (Phi) is 7.08. The van der Waals surface area contributed by atoms with Crippen molar-refractivity contribution in [2.75, 3.05) is 26.7 Å². The van der Waals surface area contributed by atoms with Gasteiger partial charge in [-0.05, 0) is 30.2 Å². The van der Waals surface area contributed by atoms with E-state index in [1.807, 2.05) is 48.5 Å². The molecule has 3 rings (SSSR count). The molecule has 2 aromatic carbocycles. The molecular weight excluding hydrogens is 370 g/mol. The molecule has 2 amide bonds. The number of nitrogens with one attached hydrogen (secondary N) is 2. The molecule has 0 aliphatic carbocycles. The van der Waals surface area contributed by atoms with Gasteiger partial charge >= 0.3 is 0 Å². The molecule has 1 heterocycles. The molecule has 1 fully saturated rings. The average molecular weight is 397 g/mol. The summed E-state index contributed by atoms with van der Waals surface area (Å²) < 4.78 is 11.3. The van der Waals surface area contributed by atoms with Gasteiger partial charge in [0.15, 0.2) is 17.6 Å². The van der Waals surface area contributed by atoms with Gasteiger partial charge in [-0.1, -0.05) is 36.4 Å². The van der Waals surface area contributed by atoms with Crippen LogP contribution in [0.2, 0.25) is 0 Å². The third-order valence-electron chi connectivity index (χ3n) is 4.73. The van der Waals surface area contributed by atoms with Gasteiger partial charge in [-0.2, -0.15) is 0 Å². The van der Waals surface area contributed by atoms with Crippen LogP contribution < -0.4 is 20.1 Å². The minimum absolute atomic E-state index is 0.0324. The van der Waals surface area contributed by atoms with Crippen molar-refractivity contribution in [2.24, 2.45) is 0 Å². The molecule has 1 aliphatic heterocycles. The molecular formula is C22H27N3O4. The fraction of sp³-hybridized carbons (Fsp3) is 0.364. The van der Waals surface area contributed by atoms with Crippen LogP contribution in [0.25, 0.3) is 0 Å². The molecule has 1 aliphatic rings. The predicted molar refractivity (Wildman–Crippen MR) is 110 cm³/mol. The first-order valence-corrected chi connectivity index (χ1v) is 9.69. The number of ether oxygens (including phenoxy) is 2. The molecule has 7 heteroatoms. The largest absolute Gasteiger partial charge is 0.493 e. The second kappa shape index (κ2) is 9.93. The maximum atomic E-state index is 12.4. The predicted octanol–water partition coefficient (Wildman–Crippen LogP) is 1.71. The van der Waals surface area contributed by atoms with Crippen LogP contribution >= 0.6 is 0 Å². The Labute approximate surface area is 171 Å². The van der Waals surface area contributed by atoms with E-state index >= 15 is 0 Å². The highest BCUT2D eigenvalue weighted by molar-refractivity contribution is 5.80. The van der Waals surface area contributed by atoms with E-state index in [1.165, 1.54) is 0 Å². The van der Waals surface area contributed by atoms with Crippen molar-refractivity contribution in [3.05, 3.63) is 59.7 Å². The highest BCUT2D eigenvalue weighted by atomic mass is 16.5. The molecule has 1 unspecified atom stereocenters. The van der Waals surface area contributed by atoms with E-state index in [4.69, 9.17) is 9.47 Å². The number of piperazine rings is 1. The zero-order valence-corrected chi connectivity index (χ0v) is 16.8. The normalized spacial score (nSPS) is 15.3. The lowest BCUT2D eigenvalue weighted by molar-refractivity contribution is -0.127. The fourth-order valence-corrected chi connectivity index (χ4v) is 3.17. The van der Waals surface area contributed by atoms with Crippen LogP contribution in [-0.2, 0) is 22.7 Å². The van der Waals surface area contributed by atoms with Gasteiger partial charge in [0.25, 0.3) is 5.91 Å². The van der Waals surface area contributed by atoms with E-state index in [2.05, 4.69) is 15.5 Å². The quantitative estimate of drug-likeness (QED) is 0.709. The number of carbonyl (C=O) groups excluding carboxylic acids is 2. The van der Waals surface area contributed by atoms with Crippen LogP contribution in [0.15, 0.2) is 48.5 Å². The third kappa shape index (κ3) is 5.96. The number of rotatable bonds is 8. The average Bonchev–Trinajstić information content (AvgIpc) is 2.73. The molecule has 2 aromatic rings. The Morgan fingerprint density at radius 1 is 1.17 bits per heavy atom. The zero-order chi connectivity index (χ0) is 20.6. The molecule has 0 spiro atoms. The molecule has 0 saturated carbocycles. The number of hydrogen-bond acceptors (Lipinski definition) is 5. The number of amides is 2. The highest BCUT2D eigenvalue weighted by Gasteiger charge is 2.19. The lowest BCUT2D eigenvalue weighted by Crippen LogP contribution is -2.47. The first-order chi connectivity index (χ1) is 14.0. The van der Waals surface area contributed by atoms with E-state index in [0.29, 0.717) is 37.7 Å². The van der Waals surface area contributed by atoms with Crippen molar-refractivity contribution in [2.45, 2.75) is 26.1 Å². The summed E-state index contributed by atoms with van der Waals surface area (Å²) in [4.78, 5) is 26.1. The zero-order valence-electron chi connectivity index (χ0n) is 16.8. The number of hydrogen-bond donors (Lipinski definition) is 2. The SMILES string of the molecule is COc1ccc(CN2CCNC(=O)C2)cc1OC(C)C(=O)NCc1ccccc1. The van der Waals surface area contributed by atoms with Crippen LogP contribution in [0.4, 0.5) is 0 Å². The molecule has 0 radical (unpaired) electrons. The topological polar surface area (TPSA) is 79.9 Å². The summed E-state index contributed by atoms with van der Waals surface area (Å²) in [7, 11) is 1.57. The Morgan fingerprint density at radius 3 is 2.69 bits per heavy atom. The Bertz CT molecular complexity index is 841. The first kappa shape index (κ1) is 20.7. The van der Waals surface area contributed by atoms with Gasteiger partial charge in [0.05, 0.1) is 13.7 Å². The van der Waals surface area contributed by atoms with Gasteiger partial charge in [0.1, 0.15) is 0 Å². The van der Waals surface area contributed by atoms with Crippen molar-refractivity contribution in [3.8, 4) is 11.5 Å². The summed E-state index contributed by atoms with van der Waals surface area (Å²) in [6.07, 6.45) is -0.677. The monoisotopic (exact) mass is 397 g/mol. The van der Waals surface area contributed by atoms with E-state index in [-0.39, 0.29) is 11.8 Å². The molecule has 1 atom stereocenters. The van der Waals surface area contributed by atoms with Gasteiger partial charge in [0.2, 0.25) is 5.91 Å². The summed E-state index contributed by atoms with van der Waals surface area (Å²) in [5.74, 6) is 0.903. The minimum Gasteiger partial charge on any atom is -0.493 e. The van der Waals surface area contributed by atoms with Gasteiger partial charge in [-0.3, -0.25) is 14.5 Å². The van der Waals surface area contributed by atoms with E-state index in [1.54, 1.807) is 14.0 Å². The lowest BCUT2D eigenvalue weighted by Gasteiger charge is -2.26. The van der Waals surface area contributed by atoms with Crippen LogP contribution in [0.1, 0.15) is 18.1 Å². The Balaban J connectivity index is 1.61. The Morgan fingerprint density at radius 2 is 1.97 bits per heavy atom. The van der Waals surface area contributed by atoms with Crippen molar-refractivity contribution in [3.63, 3.8) is 0 Å². The summed E-state index contributed by atoms with van der Waals surface area (Å²) in [5.41, 5.74) is 2.02. The van der Waals surface area contributed by atoms with E-state index in [9.17, 15) is 9.59 Å². The molecule has 0 aromatic heterocycles. The van der Waals surface area contributed by atoms with Crippen LogP contribution in [0, 0.1) is 0 Å². The van der Waals surface area contributed by atoms with Gasteiger partial charge in [0, 0.05) is 26.2 Å². The smallest absolute Gasteiger partial charge is 0.261 e. The van der Waals surface area contributed by atoms with Crippen molar-refractivity contribution >= 4 is 11.8 Å². The van der Waals surface area contributed by atoms with E-state index in [0.717, 1.165) is 17.7 Å². The molecule has 1 saturated heterocycles. The second-order valence-electron chi connectivity index (χ2n) is 7.01. The van der Waals surface area contributed by atoms with E-state index < -0.39 is 6.10 Å². The second-order valence-corrected chi connectivity index (χ2v) is 7.01. The molecule has 2 N–H and O–H groups in total. The maximum absolute atomic E-state index is 12.4. The van der Waals surface area contributed by atoms with Crippen LogP contribution in [-0.4, -0.2) is 49.6 Å². The van der Waals surface area contributed by atoms with Gasteiger partial charge in [-0.15, -0.1) is 0 Å². The molecule has 154 valence electrons. The van der Waals surface area contributed by atoms with Crippen molar-refractivity contribution in [1.82, 2.24) is 15.5 Å². The maximum Gasteiger partial charge on any atom is 0.261 e. The summed E-state index contributed by atoms with van der Waals surface area (Å²) >= 11 is 0.